The molecule has 0 amide bonds. The number of benzene rings is 3. The smallest absolute Gasteiger partial charge is 0.184 e. The highest BCUT2D eigenvalue weighted by molar-refractivity contribution is 6.01. The summed E-state index contributed by atoms with van der Waals surface area (Å²) >= 11 is 0. The van der Waals surface area contributed by atoms with Crippen molar-refractivity contribution in [2.45, 2.75) is 147 Å². The van der Waals surface area contributed by atoms with Crippen LogP contribution in [0.15, 0.2) is 104 Å². The van der Waals surface area contributed by atoms with Crippen LogP contribution in [0.1, 0.15) is 151 Å². The summed E-state index contributed by atoms with van der Waals surface area (Å²) in [4.78, 5) is 27.0. The lowest BCUT2D eigenvalue weighted by molar-refractivity contribution is -0.130. The fourth-order valence-electron chi connectivity index (χ4n) is 9.62. The number of nitrogens with two attached hydrogens (primary N) is 2. The van der Waals surface area contributed by atoms with E-state index in [0.717, 1.165) is 47.3 Å². The first-order valence-corrected chi connectivity index (χ1v) is 24.8. The van der Waals surface area contributed by atoms with Crippen LogP contribution in [-0.4, -0.2) is 47.2 Å². The summed E-state index contributed by atoms with van der Waals surface area (Å²) < 4.78 is 12.3. The number of rotatable bonds is 29. The molecule has 3 aromatic rings. The Bertz CT molecular complexity index is 1820. The van der Waals surface area contributed by atoms with Gasteiger partial charge in [-0.15, -0.1) is 13.2 Å². The SMILES string of the molecule is C=CCCCCCCC1CCC(COc2ccc(/C=C/C(=O)C(O)C(c3ccc(N)cc3N)C(O)C(=O)/C=C/c3ccc(OCC4CCC(CCCCCCC=C)CC4)cc3)cc2)CC1. The average Bonchev–Trinajstić information content (AvgIpc) is 3.32. The normalized spacial score (nSPS) is 20.3. The zero-order valence-electron chi connectivity index (χ0n) is 39.0. The van der Waals surface area contributed by atoms with Crippen LogP contribution in [0.25, 0.3) is 12.2 Å². The number of hydrogen-bond acceptors (Lipinski definition) is 8. The second-order valence-corrected chi connectivity index (χ2v) is 18.9. The summed E-state index contributed by atoms with van der Waals surface area (Å²) in [6.07, 6.45) is 31.5. The van der Waals surface area contributed by atoms with Gasteiger partial charge in [-0.2, -0.15) is 0 Å². The van der Waals surface area contributed by atoms with Crippen molar-refractivity contribution < 1.29 is 29.3 Å². The topological polar surface area (TPSA) is 145 Å². The molecule has 352 valence electrons. The van der Waals surface area contributed by atoms with Gasteiger partial charge < -0.3 is 31.2 Å². The van der Waals surface area contributed by atoms with Crippen molar-refractivity contribution in [1.29, 1.82) is 0 Å². The molecule has 0 heterocycles. The van der Waals surface area contributed by atoms with Gasteiger partial charge in [-0.1, -0.05) is 132 Å². The van der Waals surface area contributed by atoms with Crippen molar-refractivity contribution in [3.63, 3.8) is 0 Å². The number of anilines is 2. The molecule has 0 radical (unpaired) electrons. The Hall–Kier alpha value is -4.92. The maximum Gasteiger partial charge on any atom is 0.184 e. The van der Waals surface area contributed by atoms with Crippen LogP contribution in [0.3, 0.4) is 0 Å². The van der Waals surface area contributed by atoms with E-state index < -0.39 is 29.7 Å². The zero-order valence-corrected chi connectivity index (χ0v) is 39.0. The summed E-state index contributed by atoms with van der Waals surface area (Å²) in [7, 11) is 0. The van der Waals surface area contributed by atoms with Gasteiger partial charge >= 0.3 is 0 Å². The Morgan fingerprint density at radius 3 is 1.37 bits per heavy atom. The summed E-state index contributed by atoms with van der Waals surface area (Å²) in [5, 5.41) is 22.9. The first-order chi connectivity index (χ1) is 31.6. The molecule has 2 fully saturated rings. The van der Waals surface area contributed by atoms with E-state index in [0.29, 0.717) is 30.7 Å². The first-order valence-electron chi connectivity index (χ1n) is 24.8. The van der Waals surface area contributed by atoms with Gasteiger partial charge in [-0.05, 0) is 140 Å². The van der Waals surface area contributed by atoms with E-state index in [4.69, 9.17) is 20.9 Å². The van der Waals surface area contributed by atoms with Crippen LogP contribution in [-0.2, 0) is 9.59 Å². The summed E-state index contributed by atoms with van der Waals surface area (Å²) in [6.45, 7) is 9.01. The van der Waals surface area contributed by atoms with E-state index in [1.807, 2.05) is 60.7 Å². The van der Waals surface area contributed by atoms with Crippen LogP contribution < -0.4 is 20.9 Å². The third kappa shape index (κ3) is 17.8. The molecule has 2 saturated carbocycles. The number of hydrogen-bond donors (Lipinski definition) is 4. The second-order valence-electron chi connectivity index (χ2n) is 18.9. The summed E-state index contributed by atoms with van der Waals surface area (Å²) in [6, 6.07) is 19.5. The van der Waals surface area contributed by atoms with Crippen molar-refractivity contribution >= 4 is 35.1 Å². The Kier molecular flexibility index (Phi) is 22.1. The van der Waals surface area contributed by atoms with Crippen molar-refractivity contribution in [2.24, 2.45) is 23.7 Å². The lowest BCUT2D eigenvalue weighted by atomic mass is 9.80. The van der Waals surface area contributed by atoms with Crippen molar-refractivity contribution in [2.75, 3.05) is 24.7 Å². The molecule has 8 heteroatoms. The minimum Gasteiger partial charge on any atom is -0.493 e. The molecule has 5 rings (SSSR count). The van der Waals surface area contributed by atoms with Crippen molar-refractivity contribution in [3.05, 3.63) is 121 Å². The monoisotopic (exact) mass is 887 g/mol. The number of unbranched alkanes of at least 4 members (excludes halogenated alkanes) is 8. The maximum atomic E-state index is 13.5. The number of carbonyl (C=O) groups is 2. The molecule has 2 aliphatic rings. The van der Waals surface area contributed by atoms with Gasteiger partial charge in [0.05, 0.1) is 19.1 Å². The molecule has 0 aliphatic heterocycles. The fourth-order valence-corrected chi connectivity index (χ4v) is 9.62. The number of allylic oxidation sites excluding steroid dienone is 2. The third-order valence-electron chi connectivity index (χ3n) is 13.8. The number of aliphatic hydroxyl groups excluding tert-OH is 2. The standard InChI is InChI=1S/C57H78N2O6/c1-3-5-7-9-11-13-15-42-17-21-46(22-18-42)40-64-49-32-25-44(26-33-49)29-37-53(60)56(62)55(51-36-31-48(58)39-52(51)59)57(63)54(61)38-30-45-27-34-50(35-28-45)65-41-47-23-19-43(20-24-47)16-14-12-10-8-6-4-2/h3-4,25-39,42-43,46-47,55-57,62-63H,1-2,5-24,40-41,58-59H2/b37-29+,38-30+. The Balaban J connectivity index is 1.08. The molecule has 6 N–H and O–H groups in total. The summed E-state index contributed by atoms with van der Waals surface area (Å²) in [5.41, 5.74) is 14.5. The number of carbonyl (C=O) groups excluding carboxylic acids is 2. The molecular formula is C57H78N2O6. The Labute approximate surface area is 390 Å². The quantitative estimate of drug-likeness (QED) is 0.0233. The number of ether oxygens (including phenoxy) is 2. The van der Waals surface area contributed by atoms with Gasteiger partial charge in [0.2, 0.25) is 0 Å². The highest BCUT2D eigenvalue weighted by atomic mass is 16.5. The molecule has 0 bridgehead atoms. The van der Waals surface area contributed by atoms with Crippen LogP contribution in [0.5, 0.6) is 11.5 Å². The highest BCUT2D eigenvalue weighted by Gasteiger charge is 2.37. The van der Waals surface area contributed by atoms with Crippen LogP contribution in [0.4, 0.5) is 11.4 Å². The maximum absolute atomic E-state index is 13.5. The van der Waals surface area contributed by atoms with Crippen LogP contribution in [0, 0.1) is 23.7 Å². The van der Waals surface area contributed by atoms with Crippen LogP contribution in [0.2, 0.25) is 0 Å². The predicted octanol–water partition coefficient (Wildman–Crippen LogP) is 12.6. The highest BCUT2D eigenvalue weighted by Crippen LogP contribution is 2.35. The van der Waals surface area contributed by atoms with E-state index in [1.165, 1.54) is 140 Å². The average molecular weight is 887 g/mol. The molecular weight excluding hydrogens is 809 g/mol. The van der Waals surface area contributed by atoms with Crippen LogP contribution >= 0.6 is 0 Å². The molecule has 0 saturated heterocycles. The minimum absolute atomic E-state index is 0.157. The lowest BCUT2D eigenvalue weighted by Crippen LogP contribution is -2.39. The van der Waals surface area contributed by atoms with Crippen molar-refractivity contribution in [3.8, 4) is 11.5 Å². The minimum atomic E-state index is -1.77. The van der Waals surface area contributed by atoms with E-state index in [2.05, 4.69) is 13.2 Å². The zero-order chi connectivity index (χ0) is 46.2. The Morgan fingerprint density at radius 1 is 0.569 bits per heavy atom. The molecule has 2 atom stereocenters. The third-order valence-corrected chi connectivity index (χ3v) is 13.8. The molecule has 65 heavy (non-hydrogen) atoms. The van der Waals surface area contributed by atoms with Crippen molar-refractivity contribution in [1.82, 2.24) is 0 Å². The Morgan fingerprint density at radius 2 is 0.969 bits per heavy atom. The van der Waals surface area contributed by atoms with E-state index in [9.17, 15) is 19.8 Å². The largest absolute Gasteiger partial charge is 0.493 e. The summed E-state index contributed by atoms with van der Waals surface area (Å²) in [5.74, 6) is 1.64. The predicted molar refractivity (Wildman–Crippen MR) is 269 cm³/mol. The van der Waals surface area contributed by atoms with Gasteiger partial charge in [-0.3, -0.25) is 9.59 Å². The number of ketones is 2. The van der Waals surface area contributed by atoms with E-state index in [1.54, 1.807) is 18.2 Å². The van der Waals surface area contributed by atoms with Gasteiger partial charge in [0.25, 0.3) is 0 Å². The fraction of sp³-hybridized carbons (Fsp3) is 0.509. The van der Waals surface area contributed by atoms with Gasteiger partial charge in [-0.25, -0.2) is 0 Å². The van der Waals surface area contributed by atoms with E-state index in [-0.39, 0.29) is 11.3 Å². The second kappa shape index (κ2) is 28.2. The number of aliphatic hydroxyl groups is 2. The van der Waals surface area contributed by atoms with Gasteiger partial charge in [0.1, 0.15) is 23.7 Å². The van der Waals surface area contributed by atoms with Gasteiger partial charge in [0.15, 0.2) is 11.6 Å². The number of nitrogen functional groups attached to an aromatic ring is 2. The molecule has 3 aromatic carbocycles. The molecule has 2 unspecified atom stereocenters. The molecule has 0 spiro atoms. The first kappa shape index (κ1) is 51.1. The van der Waals surface area contributed by atoms with Gasteiger partial charge in [0, 0.05) is 11.4 Å². The molecule has 8 nitrogen and oxygen atoms in total. The molecule has 0 aromatic heterocycles. The lowest BCUT2D eigenvalue weighted by Gasteiger charge is -2.28. The molecule has 2 aliphatic carbocycles. The van der Waals surface area contributed by atoms with E-state index >= 15 is 0 Å².